The van der Waals surface area contributed by atoms with Crippen molar-refractivity contribution in [1.82, 2.24) is 24.9 Å². The van der Waals surface area contributed by atoms with Gasteiger partial charge in [0.25, 0.3) is 5.91 Å². The Balaban J connectivity index is 1.90. The lowest BCUT2D eigenvalue weighted by molar-refractivity contribution is 0.0726. The first-order chi connectivity index (χ1) is 11.9. The number of aryl methyl sites for hydroxylation is 2. The predicted octanol–water partition coefficient (Wildman–Crippen LogP) is 1.57. The third-order valence-corrected chi connectivity index (χ3v) is 4.58. The van der Waals surface area contributed by atoms with Crippen molar-refractivity contribution in [3.05, 3.63) is 29.1 Å². The summed E-state index contributed by atoms with van der Waals surface area (Å²) in [6.45, 7) is 2.64. The summed E-state index contributed by atoms with van der Waals surface area (Å²) in [6, 6.07) is 3.49. The van der Waals surface area contributed by atoms with Crippen LogP contribution in [0.15, 0.2) is 12.1 Å². The molecule has 0 N–H and O–H groups in total. The summed E-state index contributed by atoms with van der Waals surface area (Å²) >= 11 is 0. The molecule has 1 atom stereocenters. The normalized spacial score (nSPS) is 17.0. The summed E-state index contributed by atoms with van der Waals surface area (Å²) in [5.74, 6) is 1.32. The van der Waals surface area contributed by atoms with E-state index in [0.29, 0.717) is 18.1 Å². The predicted molar refractivity (Wildman–Crippen MR) is 93.9 cm³/mol. The highest BCUT2D eigenvalue weighted by Crippen LogP contribution is 2.39. The minimum atomic E-state index is -0.106. The zero-order valence-electron chi connectivity index (χ0n) is 15.4. The van der Waals surface area contributed by atoms with Gasteiger partial charge < -0.3 is 14.5 Å². The summed E-state index contributed by atoms with van der Waals surface area (Å²) in [5, 5.41) is 12.7. The maximum absolute atomic E-state index is 13.0. The quantitative estimate of drug-likeness (QED) is 0.838. The lowest BCUT2D eigenvalue weighted by Crippen LogP contribution is -2.32. The Morgan fingerprint density at radius 3 is 2.68 bits per heavy atom. The lowest BCUT2D eigenvalue weighted by Gasteiger charge is -2.25. The largest absolute Gasteiger partial charge is 0.481 e. The van der Waals surface area contributed by atoms with Crippen LogP contribution in [0.1, 0.15) is 40.6 Å². The van der Waals surface area contributed by atoms with Gasteiger partial charge in [-0.2, -0.15) is 5.10 Å². The Morgan fingerprint density at radius 1 is 1.32 bits per heavy atom. The van der Waals surface area contributed by atoms with Crippen molar-refractivity contribution in [2.45, 2.75) is 25.8 Å². The smallest absolute Gasteiger partial charge is 0.274 e. The average Bonchev–Trinajstić information content (AvgIpc) is 3.17. The molecule has 25 heavy (non-hydrogen) atoms. The first-order valence-corrected chi connectivity index (χ1v) is 8.33. The SMILES string of the molecule is COc1c([C@@H]2CCCN2C(=O)c2ccc(N(C)C)nn2)c(C)nn1C. The van der Waals surface area contributed by atoms with E-state index in [1.54, 1.807) is 23.9 Å². The van der Waals surface area contributed by atoms with Crippen LogP contribution in [0.3, 0.4) is 0 Å². The number of methoxy groups -OCH3 is 1. The van der Waals surface area contributed by atoms with Gasteiger partial charge in [-0.1, -0.05) is 0 Å². The third kappa shape index (κ3) is 3.04. The van der Waals surface area contributed by atoms with Crippen molar-refractivity contribution in [3.63, 3.8) is 0 Å². The second kappa shape index (κ2) is 6.70. The summed E-state index contributed by atoms with van der Waals surface area (Å²) in [6.07, 6.45) is 1.83. The second-order valence-corrected chi connectivity index (χ2v) is 6.46. The molecule has 8 nitrogen and oxygen atoms in total. The first-order valence-electron chi connectivity index (χ1n) is 8.33. The van der Waals surface area contributed by atoms with E-state index in [2.05, 4.69) is 15.3 Å². The van der Waals surface area contributed by atoms with Gasteiger partial charge in [-0.25, -0.2) is 4.68 Å². The first kappa shape index (κ1) is 17.2. The van der Waals surface area contributed by atoms with Gasteiger partial charge >= 0.3 is 0 Å². The molecule has 8 heteroatoms. The Kier molecular flexibility index (Phi) is 4.61. The highest BCUT2D eigenvalue weighted by molar-refractivity contribution is 5.92. The monoisotopic (exact) mass is 344 g/mol. The minimum absolute atomic E-state index is 0.0496. The number of aromatic nitrogens is 4. The number of carbonyl (C=O) groups excluding carboxylic acids is 1. The van der Waals surface area contributed by atoms with Gasteiger partial charge in [0.1, 0.15) is 0 Å². The average molecular weight is 344 g/mol. The maximum Gasteiger partial charge on any atom is 0.274 e. The van der Waals surface area contributed by atoms with Crippen LogP contribution in [-0.4, -0.2) is 58.5 Å². The fraction of sp³-hybridized carbons (Fsp3) is 0.529. The number of nitrogens with zero attached hydrogens (tertiary/aromatic N) is 6. The van der Waals surface area contributed by atoms with Crippen molar-refractivity contribution in [2.75, 3.05) is 32.6 Å². The van der Waals surface area contributed by atoms with E-state index < -0.39 is 0 Å². The number of amides is 1. The molecular weight excluding hydrogens is 320 g/mol. The van der Waals surface area contributed by atoms with Gasteiger partial charge in [-0.3, -0.25) is 4.79 Å². The fourth-order valence-electron chi connectivity index (χ4n) is 3.41. The molecule has 2 aromatic heterocycles. The molecule has 0 unspecified atom stereocenters. The summed E-state index contributed by atoms with van der Waals surface area (Å²) in [4.78, 5) is 16.7. The highest BCUT2D eigenvalue weighted by atomic mass is 16.5. The molecule has 1 saturated heterocycles. The van der Waals surface area contributed by atoms with Crippen LogP contribution in [0.4, 0.5) is 5.82 Å². The van der Waals surface area contributed by atoms with Gasteiger partial charge in [0.05, 0.1) is 24.4 Å². The number of rotatable bonds is 4. The van der Waals surface area contributed by atoms with Crippen LogP contribution >= 0.6 is 0 Å². The number of hydrogen-bond donors (Lipinski definition) is 0. The molecular formula is C17H24N6O2. The summed E-state index contributed by atoms with van der Waals surface area (Å²) in [5.41, 5.74) is 2.23. The molecule has 1 amide bonds. The van der Waals surface area contributed by atoms with Crippen molar-refractivity contribution in [3.8, 4) is 5.88 Å². The summed E-state index contributed by atoms with van der Waals surface area (Å²) < 4.78 is 7.23. The third-order valence-electron chi connectivity index (χ3n) is 4.58. The zero-order valence-corrected chi connectivity index (χ0v) is 15.4. The molecule has 0 saturated carbocycles. The van der Waals surface area contributed by atoms with E-state index in [9.17, 15) is 4.79 Å². The van der Waals surface area contributed by atoms with Crippen molar-refractivity contribution >= 4 is 11.7 Å². The molecule has 0 bridgehead atoms. The standard InChI is InChI=1S/C17H24N6O2/c1-11-15(17(25-5)22(4)20-11)13-7-6-10-23(13)16(24)12-8-9-14(19-18-12)21(2)3/h8-9,13H,6-7,10H2,1-5H3/t13-/m0/s1. The summed E-state index contributed by atoms with van der Waals surface area (Å²) in [7, 11) is 7.26. The topological polar surface area (TPSA) is 76.4 Å². The number of ether oxygens (including phenoxy) is 1. The molecule has 134 valence electrons. The maximum atomic E-state index is 13.0. The lowest BCUT2D eigenvalue weighted by atomic mass is 10.0. The molecule has 0 aliphatic carbocycles. The van der Waals surface area contributed by atoms with E-state index in [4.69, 9.17) is 4.74 Å². The molecule has 3 rings (SSSR count). The van der Waals surface area contributed by atoms with Crippen molar-refractivity contribution in [2.24, 2.45) is 7.05 Å². The Bertz CT molecular complexity index is 768. The number of carbonyl (C=O) groups is 1. The van der Waals surface area contributed by atoms with Gasteiger partial charge in [0.2, 0.25) is 5.88 Å². The Morgan fingerprint density at radius 2 is 2.08 bits per heavy atom. The van der Waals surface area contributed by atoms with Gasteiger partial charge in [0.15, 0.2) is 11.5 Å². The van der Waals surface area contributed by atoms with E-state index in [1.165, 1.54) is 0 Å². The van der Waals surface area contributed by atoms with Crippen LogP contribution in [0.25, 0.3) is 0 Å². The molecule has 0 spiro atoms. The number of hydrogen-bond acceptors (Lipinski definition) is 6. The van der Waals surface area contributed by atoms with Crippen LogP contribution < -0.4 is 9.64 Å². The molecule has 2 aromatic rings. The highest BCUT2D eigenvalue weighted by Gasteiger charge is 2.36. The zero-order chi connectivity index (χ0) is 18.1. The molecule has 1 aliphatic heterocycles. The van der Waals surface area contributed by atoms with Gasteiger partial charge in [-0.05, 0) is 31.9 Å². The van der Waals surface area contributed by atoms with E-state index in [1.807, 2.05) is 37.9 Å². The van der Waals surface area contributed by atoms with Crippen LogP contribution in [0, 0.1) is 6.92 Å². The van der Waals surface area contributed by atoms with Crippen molar-refractivity contribution in [1.29, 1.82) is 0 Å². The van der Waals surface area contributed by atoms with E-state index in [0.717, 1.165) is 29.9 Å². The number of anilines is 1. The van der Waals surface area contributed by atoms with Gasteiger partial charge in [0, 0.05) is 27.7 Å². The van der Waals surface area contributed by atoms with Crippen LogP contribution in [0.5, 0.6) is 5.88 Å². The molecule has 0 aromatic carbocycles. The van der Waals surface area contributed by atoms with Crippen LogP contribution in [0.2, 0.25) is 0 Å². The molecule has 0 radical (unpaired) electrons. The second-order valence-electron chi connectivity index (χ2n) is 6.46. The fourth-order valence-corrected chi connectivity index (χ4v) is 3.41. The Labute approximate surface area is 147 Å². The van der Waals surface area contributed by atoms with Crippen LogP contribution in [-0.2, 0) is 7.05 Å². The van der Waals surface area contributed by atoms with E-state index in [-0.39, 0.29) is 11.9 Å². The molecule has 3 heterocycles. The number of likely N-dealkylation sites (tertiary alicyclic amines) is 1. The molecule has 1 aliphatic rings. The van der Waals surface area contributed by atoms with Crippen molar-refractivity contribution < 1.29 is 9.53 Å². The Hall–Kier alpha value is -2.64. The minimum Gasteiger partial charge on any atom is -0.481 e. The molecule has 1 fully saturated rings. The van der Waals surface area contributed by atoms with E-state index >= 15 is 0 Å². The van der Waals surface area contributed by atoms with Gasteiger partial charge in [-0.15, -0.1) is 10.2 Å².